The summed E-state index contributed by atoms with van der Waals surface area (Å²) in [6.07, 6.45) is 0.320. The summed E-state index contributed by atoms with van der Waals surface area (Å²) in [5.41, 5.74) is 5.81. The van der Waals surface area contributed by atoms with Gasteiger partial charge in [-0.3, -0.25) is 4.79 Å². The first-order valence-electron chi connectivity index (χ1n) is 4.34. The molecule has 0 saturated carbocycles. The highest BCUT2D eigenvalue weighted by atomic mass is 19.1. The molecule has 0 aliphatic rings. The number of nitrogens with two attached hydrogens (primary N) is 1. The van der Waals surface area contributed by atoms with E-state index < -0.39 is 17.7 Å². The first-order valence-corrected chi connectivity index (χ1v) is 4.34. The van der Waals surface area contributed by atoms with E-state index in [1.165, 1.54) is 18.2 Å². The van der Waals surface area contributed by atoms with E-state index in [0.29, 0.717) is 6.42 Å². The van der Waals surface area contributed by atoms with Gasteiger partial charge in [0.2, 0.25) is 0 Å². The van der Waals surface area contributed by atoms with Crippen molar-refractivity contribution in [1.29, 1.82) is 0 Å². The Labute approximate surface area is 81.4 Å². The third-order valence-corrected chi connectivity index (χ3v) is 2.14. The highest BCUT2D eigenvalue weighted by molar-refractivity contribution is 5.78. The van der Waals surface area contributed by atoms with Gasteiger partial charge < -0.3 is 10.8 Å². The van der Waals surface area contributed by atoms with Crippen LogP contribution in [0.15, 0.2) is 18.2 Å². The van der Waals surface area contributed by atoms with Gasteiger partial charge in [-0.05, 0) is 18.6 Å². The van der Waals surface area contributed by atoms with E-state index in [4.69, 9.17) is 10.8 Å². The molecule has 0 aliphatic heterocycles. The van der Waals surface area contributed by atoms with Gasteiger partial charge in [-0.25, -0.2) is 4.39 Å². The first-order chi connectivity index (χ1) is 6.57. The Kier molecular flexibility index (Phi) is 3.06. The Morgan fingerprint density at radius 2 is 2.29 bits per heavy atom. The predicted molar refractivity (Wildman–Crippen MR) is 51.5 cm³/mol. The van der Waals surface area contributed by atoms with Gasteiger partial charge in [-0.2, -0.15) is 0 Å². The number of hydrogen-bond donors (Lipinski definition) is 2. The Morgan fingerprint density at radius 3 is 2.71 bits per heavy atom. The minimum absolute atomic E-state index is 0.0856. The monoisotopic (exact) mass is 197 g/mol. The van der Waals surface area contributed by atoms with Crippen molar-refractivity contribution in [2.45, 2.75) is 19.3 Å². The number of nitrogen functional groups attached to an aromatic ring is 1. The molecule has 1 rings (SSSR count). The van der Waals surface area contributed by atoms with Crippen LogP contribution in [0.1, 0.15) is 24.8 Å². The van der Waals surface area contributed by atoms with Crippen molar-refractivity contribution in [2.24, 2.45) is 0 Å². The Balaban J connectivity index is 3.22. The number of hydrogen-bond acceptors (Lipinski definition) is 2. The average Bonchev–Trinajstić information content (AvgIpc) is 2.10. The zero-order valence-corrected chi connectivity index (χ0v) is 7.83. The summed E-state index contributed by atoms with van der Waals surface area (Å²) in [4.78, 5) is 10.8. The number of carboxylic acid groups (broad SMARTS) is 1. The SMILES string of the molecule is CCC(C(=O)O)c1c(N)cccc1F. The summed E-state index contributed by atoms with van der Waals surface area (Å²) in [6.45, 7) is 1.69. The average molecular weight is 197 g/mol. The molecule has 0 heterocycles. The fourth-order valence-corrected chi connectivity index (χ4v) is 1.42. The van der Waals surface area contributed by atoms with Gasteiger partial charge in [0, 0.05) is 11.3 Å². The van der Waals surface area contributed by atoms with Crippen LogP contribution in [-0.4, -0.2) is 11.1 Å². The molecule has 0 saturated heterocycles. The molecular formula is C10H12FNO2. The summed E-state index contributed by atoms with van der Waals surface area (Å²) in [5.74, 6) is -2.47. The molecule has 14 heavy (non-hydrogen) atoms. The van der Waals surface area contributed by atoms with E-state index in [1.54, 1.807) is 6.92 Å². The van der Waals surface area contributed by atoms with E-state index >= 15 is 0 Å². The Bertz CT molecular complexity index is 332. The molecule has 3 nitrogen and oxygen atoms in total. The van der Waals surface area contributed by atoms with E-state index in [1.807, 2.05) is 0 Å². The molecule has 0 amide bonds. The Morgan fingerprint density at radius 1 is 1.64 bits per heavy atom. The van der Waals surface area contributed by atoms with Gasteiger partial charge in [-0.15, -0.1) is 0 Å². The van der Waals surface area contributed by atoms with Crippen LogP contribution in [0.2, 0.25) is 0 Å². The Hall–Kier alpha value is -1.58. The summed E-state index contributed by atoms with van der Waals surface area (Å²) in [6, 6.07) is 4.18. The summed E-state index contributed by atoms with van der Waals surface area (Å²) < 4.78 is 13.3. The quantitative estimate of drug-likeness (QED) is 0.728. The van der Waals surface area contributed by atoms with Gasteiger partial charge in [0.05, 0.1) is 5.92 Å². The normalized spacial score (nSPS) is 12.4. The lowest BCUT2D eigenvalue weighted by Gasteiger charge is -2.13. The number of rotatable bonds is 3. The van der Waals surface area contributed by atoms with Gasteiger partial charge in [0.1, 0.15) is 5.82 Å². The molecule has 1 aromatic rings. The predicted octanol–water partition coefficient (Wildman–Crippen LogP) is 1.99. The molecule has 1 unspecified atom stereocenters. The number of aliphatic carboxylic acids is 1. The molecule has 1 aromatic carbocycles. The van der Waals surface area contributed by atoms with Crippen molar-refractivity contribution >= 4 is 11.7 Å². The van der Waals surface area contributed by atoms with Crippen LogP contribution in [-0.2, 0) is 4.79 Å². The number of benzene rings is 1. The smallest absolute Gasteiger partial charge is 0.311 e. The lowest BCUT2D eigenvalue weighted by molar-refractivity contribution is -0.138. The molecule has 0 fully saturated rings. The minimum Gasteiger partial charge on any atom is -0.481 e. The lowest BCUT2D eigenvalue weighted by Crippen LogP contribution is -2.14. The molecular weight excluding hydrogens is 185 g/mol. The van der Waals surface area contributed by atoms with Crippen LogP contribution in [0.5, 0.6) is 0 Å². The van der Waals surface area contributed by atoms with E-state index in [2.05, 4.69) is 0 Å². The highest BCUT2D eigenvalue weighted by Gasteiger charge is 2.23. The van der Waals surface area contributed by atoms with E-state index in [0.717, 1.165) is 0 Å². The molecule has 0 aromatic heterocycles. The summed E-state index contributed by atoms with van der Waals surface area (Å²) >= 11 is 0. The number of halogens is 1. The molecule has 3 N–H and O–H groups in total. The van der Waals surface area contributed by atoms with Crippen LogP contribution >= 0.6 is 0 Å². The maximum absolute atomic E-state index is 13.3. The number of carbonyl (C=O) groups is 1. The maximum atomic E-state index is 13.3. The molecule has 76 valence electrons. The fraction of sp³-hybridized carbons (Fsp3) is 0.300. The maximum Gasteiger partial charge on any atom is 0.311 e. The summed E-state index contributed by atoms with van der Waals surface area (Å²) in [5, 5.41) is 8.85. The minimum atomic E-state index is -1.05. The van der Waals surface area contributed by atoms with Gasteiger partial charge in [-0.1, -0.05) is 13.0 Å². The van der Waals surface area contributed by atoms with E-state index in [-0.39, 0.29) is 11.3 Å². The zero-order chi connectivity index (χ0) is 10.7. The lowest BCUT2D eigenvalue weighted by atomic mass is 9.94. The largest absolute Gasteiger partial charge is 0.481 e. The van der Waals surface area contributed by atoms with Crippen LogP contribution in [0, 0.1) is 5.82 Å². The molecule has 4 heteroatoms. The zero-order valence-electron chi connectivity index (χ0n) is 7.83. The van der Waals surface area contributed by atoms with Crippen molar-refractivity contribution in [2.75, 3.05) is 5.73 Å². The molecule has 0 aliphatic carbocycles. The van der Waals surface area contributed by atoms with Gasteiger partial charge in [0.15, 0.2) is 0 Å². The van der Waals surface area contributed by atoms with Crippen molar-refractivity contribution in [3.8, 4) is 0 Å². The molecule has 0 spiro atoms. The summed E-state index contributed by atoms with van der Waals surface area (Å²) in [7, 11) is 0. The first kappa shape index (κ1) is 10.5. The van der Waals surface area contributed by atoms with Crippen molar-refractivity contribution in [3.05, 3.63) is 29.6 Å². The standard InChI is InChI=1S/C10H12FNO2/c1-2-6(10(13)14)9-7(11)4-3-5-8(9)12/h3-6H,2,12H2,1H3,(H,13,14). The third kappa shape index (κ3) is 1.84. The molecule has 0 radical (unpaired) electrons. The highest BCUT2D eigenvalue weighted by Crippen LogP contribution is 2.27. The third-order valence-electron chi connectivity index (χ3n) is 2.14. The van der Waals surface area contributed by atoms with Crippen LogP contribution in [0.3, 0.4) is 0 Å². The van der Waals surface area contributed by atoms with Crippen molar-refractivity contribution < 1.29 is 14.3 Å². The second-order valence-electron chi connectivity index (χ2n) is 3.04. The topological polar surface area (TPSA) is 63.3 Å². The second-order valence-corrected chi connectivity index (χ2v) is 3.04. The van der Waals surface area contributed by atoms with E-state index in [9.17, 15) is 9.18 Å². The number of carboxylic acids is 1. The van der Waals surface area contributed by atoms with Crippen LogP contribution in [0.4, 0.5) is 10.1 Å². The molecule has 0 bridgehead atoms. The second kappa shape index (κ2) is 4.09. The molecule has 1 atom stereocenters. The van der Waals surface area contributed by atoms with Gasteiger partial charge in [0.25, 0.3) is 0 Å². The van der Waals surface area contributed by atoms with Crippen LogP contribution < -0.4 is 5.73 Å². The van der Waals surface area contributed by atoms with Crippen molar-refractivity contribution in [1.82, 2.24) is 0 Å². The van der Waals surface area contributed by atoms with Crippen LogP contribution in [0.25, 0.3) is 0 Å². The van der Waals surface area contributed by atoms with Gasteiger partial charge >= 0.3 is 5.97 Å². The fourth-order valence-electron chi connectivity index (χ4n) is 1.42. The van der Waals surface area contributed by atoms with Crippen molar-refractivity contribution in [3.63, 3.8) is 0 Å². The number of anilines is 1.